The van der Waals surface area contributed by atoms with E-state index in [1.54, 1.807) is 23.1 Å². The van der Waals surface area contributed by atoms with Crippen molar-refractivity contribution in [3.8, 4) is 0 Å². The Morgan fingerprint density at radius 2 is 2.04 bits per heavy atom. The standard InChI is InChI=1S/C16H21ClN4S2.HI/c1-3-18-16(21-11-15-20-10-12(2)23-15)19-8-9-22-14-6-4-13(17)5-7-14;/h4-7,10H,3,8-9,11H2,1-2H3,(H2,18,19,21);1H. The number of hydrogen-bond acceptors (Lipinski definition) is 4. The van der Waals surface area contributed by atoms with E-state index in [4.69, 9.17) is 11.6 Å². The molecule has 132 valence electrons. The summed E-state index contributed by atoms with van der Waals surface area (Å²) in [5.41, 5.74) is 0. The predicted molar refractivity (Wildman–Crippen MR) is 117 cm³/mol. The van der Waals surface area contributed by atoms with Gasteiger partial charge in [-0.1, -0.05) is 11.6 Å². The third kappa shape index (κ3) is 8.04. The van der Waals surface area contributed by atoms with Crippen LogP contribution in [-0.2, 0) is 6.54 Å². The highest BCUT2D eigenvalue weighted by Gasteiger charge is 2.01. The zero-order chi connectivity index (χ0) is 16.5. The molecule has 0 spiro atoms. The number of nitrogens with one attached hydrogen (secondary N) is 2. The Morgan fingerprint density at radius 3 is 2.67 bits per heavy atom. The number of guanidine groups is 1. The average Bonchev–Trinajstić information content (AvgIpc) is 2.96. The number of benzene rings is 1. The zero-order valence-corrected chi connectivity index (χ0v) is 18.4. The van der Waals surface area contributed by atoms with Gasteiger partial charge in [0.05, 0.1) is 6.54 Å². The van der Waals surface area contributed by atoms with E-state index in [1.807, 2.05) is 30.5 Å². The van der Waals surface area contributed by atoms with Crippen molar-refractivity contribution in [1.29, 1.82) is 0 Å². The van der Waals surface area contributed by atoms with Gasteiger partial charge in [-0.15, -0.1) is 47.1 Å². The van der Waals surface area contributed by atoms with Crippen LogP contribution in [0.1, 0.15) is 16.8 Å². The molecule has 0 atom stereocenters. The minimum Gasteiger partial charge on any atom is -0.357 e. The summed E-state index contributed by atoms with van der Waals surface area (Å²) in [6, 6.07) is 7.91. The summed E-state index contributed by atoms with van der Waals surface area (Å²) in [5, 5.41) is 8.41. The van der Waals surface area contributed by atoms with Crippen molar-refractivity contribution in [2.45, 2.75) is 25.3 Å². The Balaban J connectivity index is 0.00000288. The van der Waals surface area contributed by atoms with Gasteiger partial charge in [0.1, 0.15) is 5.01 Å². The summed E-state index contributed by atoms with van der Waals surface area (Å²) in [7, 11) is 0. The summed E-state index contributed by atoms with van der Waals surface area (Å²) in [5.74, 6) is 1.79. The van der Waals surface area contributed by atoms with E-state index in [-0.39, 0.29) is 24.0 Å². The molecule has 2 rings (SSSR count). The molecule has 24 heavy (non-hydrogen) atoms. The molecule has 1 aromatic heterocycles. The number of thioether (sulfide) groups is 1. The molecule has 1 heterocycles. The van der Waals surface area contributed by atoms with Crippen molar-refractivity contribution in [1.82, 2.24) is 15.6 Å². The highest BCUT2D eigenvalue weighted by molar-refractivity contribution is 14.0. The van der Waals surface area contributed by atoms with E-state index in [1.165, 1.54) is 9.77 Å². The van der Waals surface area contributed by atoms with E-state index < -0.39 is 0 Å². The Bertz CT molecular complexity index is 631. The molecule has 0 amide bonds. The number of aryl methyl sites for hydroxylation is 1. The monoisotopic (exact) mass is 496 g/mol. The van der Waals surface area contributed by atoms with Gasteiger partial charge in [-0.25, -0.2) is 9.98 Å². The maximum Gasteiger partial charge on any atom is 0.191 e. The van der Waals surface area contributed by atoms with Crippen LogP contribution in [0.25, 0.3) is 0 Å². The van der Waals surface area contributed by atoms with E-state index >= 15 is 0 Å². The molecular weight excluding hydrogens is 475 g/mol. The second-order valence-electron chi connectivity index (χ2n) is 4.79. The summed E-state index contributed by atoms with van der Waals surface area (Å²) < 4.78 is 0. The third-order valence-corrected chi connectivity index (χ3v) is 5.03. The van der Waals surface area contributed by atoms with Gasteiger partial charge in [0.15, 0.2) is 5.96 Å². The van der Waals surface area contributed by atoms with Gasteiger partial charge < -0.3 is 10.6 Å². The van der Waals surface area contributed by atoms with Gasteiger partial charge in [0, 0.05) is 39.8 Å². The molecule has 0 aliphatic carbocycles. The van der Waals surface area contributed by atoms with Crippen LogP contribution in [0.5, 0.6) is 0 Å². The van der Waals surface area contributed by atoms with Gasteiger partial charge in [0.25, 0.3) is 0 Å². The number of aromatic nitrogens is 1. The first-order valence-electron chi connectivity index (χ1n) is 7.49. The first-order chi connectivity index (χ1) is 11.2. The van der Waals surface area contributed by atoms with Crippen LogP contribution in [0.2, 0.25) is 5.02 Å². The van der Waals surface area contributed by atoms with Crippen LogP contribution < -0.4 is 10.6 Å². The van der Waals surface area contributed by atoms with Crippen LogP contribution in [0.15, 0.2) is 40.4 Å². The summed E-state index contributed by atoms with van der Waals surface area (Å²) in [6.45, 7) is 6.41. The minimum atomic E-state index is 0. The highest BCUT2D eigenvalue weighted by atomic mass is 127. The zero-order valence-electron chi connectivity index (χ0n) is 13.7. The van der Waals surface area contributed by atoms with Crippen molar-refractivity contribution in [3.63, 3.8) is 0 Å². The molecule has 2 aromatic rings. The van der Waals surface area contributed by atoms with Crippen molar-refractivity contribution < 1.29 is 0 Å². The molecule has 0 saturated carbocycles. The molecule has 0 unspecified atom stereocenters. The number of halogens is 2. The van der Waals surface area contributed by atoms with Crippen molar-refractivity contribution >= 4 is 64.6 Å². The lowest BCUT2D eigenvalue weighted by atomic mass is 10.4. The normalized spacial score (nSPS) is 11.0. The van der Waals surface area contributed by atoms with Crippen LogP contribution in [0.3, 0.4) is 0 Å². The van der Waals surface area contributed by atoms with Gasteiger partial charge >= 0.3 is 0 Å². The van der Waals surface area contributed by atoms with E-state index in [2.05, 4.69) is 34.5 Å². The molecule has 4 nitrogen and oxygen atoms in total. The topological polar surface area (TPSA) is 49.3 Å². The molecule has 8 heteroatoms. The lowest BCUT2D eigenvalue weighted by Gasteiger charge is -2.10. The number of rotatable bonds is 7. The Morgan fingerprint density at radius 1 is 1.29 bits per heavy atom. The molecule has 1 aromatic carbocycles. The molecule has 0 aliphatic rings. The van der Waals surface area contributed by atoms with E-state index in [0.29, 0.717) is 6.54 Å². The number of hydrogen-bond donors (Lipinski definition) is 2. The second kappa shape index (κ2) is 11.9. The van der Waals surface area contributed by atoms with Crippen molar-refractivity contribution in [3.05, 3.63) is 45.4 Å². The lowest BCUT2D eigenvalue weighted by Crippen LogP contribution is -2.38. The molecule has 0 radical (unpaired) electrons. The quantitative estimate of drug-likeness (QED) is 0.194. The maximum absolute atomic E-state index is 5.89. The molecule has 0 fully saturated rings. The van der Waals surface area contributed by atoms with Gasteiger partial charge in [-0.3, -0.25) is 0 Å². The molecule has 0 bridgehead atoms. The maximum atomic E-state index is 5.89. The highest BCUT2D eigenvalue weighted by Crippen LogP contribution is 2.19. The average molecular weight is 497 g/mol. The Kier molecular flexibility index (Phi) is 10.7. The predicted octanol–water partition coefficient (Wildman–Crippen LogP) is 4.57. The Hall–Kier alpha value is -0.510. The van der Waals surface area contributed by atoms with Crippen molar-refractivity contribution in [2.75, 3.05) is 18.8 Å². The number of nitrogens with zero attached hydrogens (tertiary/aromatic N) is 2. The first-order valence-corrected chi connectivity index (χ1v) is 9.67. The number of aliphatic imine (C=N–C) groups is 1. The van der Waals surface area contributed by atoms with Crippen LogP contribution in [-0.4, -0.2) is 29.8 Å². The van der Waals surface area contributed by atoms with E-state index in [9.17, 15) is 0 Å². The lowest BCUT2D eigenvalue weighted by molar-refractivity contribution is 0.841. The fraction of sp³-hybridized carbons (Fsp3) is 0.375. The molecule has 0 aliphatic heterocycles. The van der Waals surface area contributed by atoms with Gasteiger partial charge in [-0.05, 0) is 38.1 Å². The van der Waals surface area contributed by atoms with Gasteiger partial charge in [0.2, 0.25) is 0 Å². The first kappa shape index (κ1) is 21.5. The fourth-order valence-electron chi connectivity index (χ4n) is 1.83. The van der Waals surface area contributed by atoms with Crippen LogP contribution in [0.4, 0.5) is 0 Å². The second-order valence-corrected chi connectivity index (χ2v) is 7.71. The molecule has 0 saturated heterocycles. The minimum absolute atomic E-state index is 0. The van der Waals surface area contributed by atoms with Gasteiger partial charge in [-0.2, -0.15) is 0 Å². The SMILES string of the molecule is CCNC(=NCc1ncc(C)s1)NCCSc1ccc(Cl)cc1.I. The number of thiazole rings is 1. The van der Waals surface area contributed by atoms with Crippen LogP contribution >= 0.6 is 58.7 Å². The Labute approximate surface area is 173 Å². The third-order valence-electron chi connectivity index (χ3n) is 2.86. The van der Waals surface area contributed by atoms with Crippen molar-refractivity contribution in [2.24, 2.45) is 4.99 Å². The summed E-state index contributed by atoms with van der Waals surface area (Å²) >= 11 is 9.36. The fourth-order valence-corrected chi connectivity index (χ4v) is 3.44. The largest absolute Gasteiger partial charge is 0.357 e. The summed E-state index contributed by atoms with van der Waals surface area (Å²) in [6.07, 6.45) is 1.89. The summed E-state index contributed by atoms with van der Waals surface area (Å²) in [4.78, 5) is 11.3. The molecule has 2 N–H and O–H groups in total. The molecular formula is C16H22ClIN4S2. The smallest absolute Gasteiger partial charge is 0.191 e. The van der Waals surface area contributed by atoms with E-state index in [0.717, 1.165) is 34.8 Å². The van der Waals surface area contributed by atoms with Crippen LogP contribution in [0, 0.1) is 6.92 Å².